The number of hydrogen-bond acceptors (Lipinski definition) is 3. The highest BCUT2D eigenvalue weighted by molar-refractivity contribution is 6.58. The van der Waals surface area contributed by atoms with Gasteiger partial charge in [0.2, 0.25) is 0 Å². The van der Waals surface area contributed by atoms with Crippen molar-refractivity contribution in [1.29, 1.82) is 0 Å². The highest BCUT2D eigenvalue weighted by atomic mass is 19.1. The molecular weight excluding hydrogens is 222 g/mol. The molecule has 0 saturated heterocycles. The monoisotopic (exact) mass is 240 g/mol. The van der Waals surface area contributed by atoms with E-state index in [1.807, 2.05) is 0 Å². The van der Waals surface area contributed by atoms with Crippen molar-refractivity contribution < 1.29 is 19.2 Å². The van der Waals surface area contributed by atoms with Gasteiger partial charge >= 0.3 is 7.12 Å². The third-order valence-electron chi connectivity index (χ3n) is 2.31. The van der Waals surface area contributed by atoms with E-state index < -0.39 is 12.9 Å². The fraction of sp³-hybridized carbons (Fsp3) is 0.500. The molecule has 3 nitrogen and oxygen atoms in total. The normalized spacial score (nSPS) is 11.4. The molecule has 17 heavy (non-hydrogen) atoms. The van der Waals surface area contributed by atoms with E-state index in [-0.39, 0.29) is 10.9 Å². The maximum atomic E-state index is 13.1. The smallest absolute Gasteiger partial charge is 0.488 e. The Morgan fingerprint density at radius 2 is 1.88 bits per heavy atom. The zero-order chi connectivity index (χ0) is 13.1. The van der Waals surface area contributed by atoms with Crippen molar-refractivity contribution in [2.45, 2.75) is 27.2 Å². The van der Waals surface area contributed by atoms with Crippen LogP contribution in [0.1, 0.15) is 27.2 Å². The fourth-order valence-corrected chi connectivity index (χ4v) is 1.29. The first-order valence-corrected chi connectivity index (χ1v) is 5.57. The van der Waals surface area contributed by atoms with Crippen LogP contribution in [0.15, 0.2) is 18.2 Å². The van der Waals surface area contributed by atoms with Crippen LogP contribution in [0.3, 0.4) is 0 Å². The molecule has 0 spiro atoms. The molecule has 0 unspecified atom stereocenters. The highest BCUT2D eigenvalue weighted by Gasteiger charge is 2.14. The quantitative estimate of drug-likeness (QED) is 0.780. The molecule has 2 N–H and O–H groups in total. The van der Waals surface area contributed by atoms with Crippen LogP contribution in [0.25, 0.3) is 0 Å². The van der Waals surface area contributed by atoms with E-state index in [4.69, 9.17) is 14.8 Å². The maximum absolute atomic E-state index is 13.1. The number of hydrogen-bond donors (Lipinski definition) is 2. The first-order valence-electron chi connectivity index (χ1n) is 5.57. The van der Waals surface area contributed by atoms with Crippen LogP contribution in [-0.2, 0) is 0 Å². The van der Waals surface area contributed by atoms with Crippen molar-refractivity contribution in [3.63, 3.8) is 0 Å². The van der Waals surface area contributed by atoms with Crippen LogP contribution in [0.4, 0.5) is 4.39 Å². The topological polar surface area (TPSA) is 49.7 Å². The second kappa shape index (κ2) is 5.51. The highest BCUT2D eigenvalue weighted by Crippen LogP contribution is 2.19. The van der Waals surface area contributed by atoms with Gasteiger partial charge in [0.25, 0.3) is 0 Å². The van der Waals surface area contributed by atoms with Gasteiger partial charge in [0, 0.05) is 6.07 Å². The van der Waals surface area contributed by atoms with E-state index in [0.29, 0.717) is 12.4 Å². The maximum Gasteiger partial charge on any atom is 0.488 e. The van der Waals surface area contributed by atoms with Crippen LogP contribution < -0.4 is 10.2 Å². The van der Waals surface area contributed by atoms with Crippen LogP contribution in [0, 0.1) is 11.2 Å². The molecule has 0 fully saturated rings. The van der Waals surface area contributed by atoms with E-state index in [1.165, 1.54) is 12.1 Å². The molecule has 0 atom stereocenters. The van der Waals surface area contributed by atoms with Gasteiger partial charge in [-0.2, -0.15) is 0 Å². The largest absolute Gasteiger partial charge is 0.493 e. The lowest BCUT2D eigenvalue weighted by molar-refractivity contribution is 0.242. The molecule has 0 bridgehead atoms. The Morgan fingerprint density at radius 3 is 2.41 bits per heavy atom. The van der Waals surface area contributed by atoms with Gasteiger partial charge in [-0.15, -0.1) is 0 Å². The first-order chi connectivity index (χ1) is 7.78. The van der Waals surface area contributed by atoms with Crippen LogP contribution in [0.2, 0.25) is 0 Å². The summed E-state index contributed by atoms with van der Waals surface area (Å²) in [5, 5.41) is 17.9. The number of halogens is 1. The summed E-state index contributed by atoms with van der Waals surface area (Å²) in [6, 6.07) is 3.73. The second-order valence-electron chi connectivity index (χ2n) is 5.25. The molecule has 1 rings (SSSR count). The minimum absolute atomic E-state index is 0.0933. The van der Waals surface area contributed by atoms with Crippen molar-refractivity contribution in [3.05, 3.63) is 24.0 Å². The number of benzene rings is 1. The van der Waals surface area contributed by atoms with Gasteiger partial charge in [-0.05, 0) is 29.4 Å². The summed E-state index contributed by atoms with van der Waals surface area (Å²) in [4.78, 5) is 0. The molecule has 0 radical (unpaired) electrons. The second-order valence-corrected chi connectivity index (χ2v) is 5.25. The summed E-state index contributed by atoms with van der Waals surface area (Å²) < 4.78 is 18.5. The third-order valence-corrected chi connectivity index (χ3v) is 2.31. The molecule has 0 aromatic heterocycles. The van der Waals surface area contributed by atoms with E-state index in [0.717, 1.165) is 12.5 Å². The Kier molecular flexibility index (Phi) is 4.54. The molecular formula is C12H18BFO3. The van der Waals surface area contributed by atoms with Crippen molar-refractivity contribution in [2.75, 3.05) is 6.61 Å². The van der Waals surface area contributed by atoms with Gasteiger partial charge in [0.05, 0.1) is 6.61 Å². The van der Waals surface area contributed by atoms with Gasteiger partial charge in [-0.3, -0.25) is 0 Å². The van der Waals surface area contributed by atoms with E-state index >= 15 is 0 Å². The number of rotatable bonds is 4. The van der Waals surface area contributed by atoms with Crippen molar-refractivity contribution >= 4 is 12.6 Å². The molecule has 5 heteroatoms. The molecule has 0 aliphatic carbocycles. The van der Waals surface area contributed by atoms with Crippen molar-refractivity contribution in [2.24, 2.45) is 5.41 Å². The van der Waals surface area contributed by atoms with Crippen LogP contribution in [0.5, 0.6) is 5.75 Å². The minimum Gasteiger partial charge on any atom is -0.493 e. The predicted octanol–water partition coefficient (Wildman–Crippen LogP) is 1.32. The Morgan fingerprint density at radius 1 is 1.24 bits per heavy atom. The molecule has 94 valence electrons. The van der Waals surface area contributed by atoms with Gasteiger partial charge in [-0.25, -0.2) is 4.39 Å². The van der Waals surface area contributed by atoms with Crippen LogP contribution >= 0.6 is 0 Å². The zero-order valence-corrected chi connectivity index (χ0v) is 10.4. The lowest BCUT2D eigenvalue weighted by Gasteiger charge is -2.18. The summed E-state index contributed by atoms with van der Waals surface area (Å²) in [5.74, 6) is -0.223. The van der Waals surface area contributed by atoms with Crippen molar-refractivity contribution in [3.8, 4) is 5.75 Å². The zero-order valence-electron chi connectivity index (χ0n) is 10.4. The molecule has 0 aliphatic heterocycles. The van der Waals surface area contributed by atoms with E-state index in [1.54, 1.807) is 0 Å². The standard InChI is InChI=1S/C12H18BFO3/c1-12(2,3)4-5-17-11-7-9(13(15)16)6-10(14)8-11/h6-8,15-16H,4-5H2,1-3H3. The molecule has 0 aliphatic rings. The Bertz CT molecular complexity index is 375. The molecule has 1 aromatic carbocycles. The lowest BCUT2D eigenvalue weighted by atomic mass is 9.80. The summed E-state index contributed by atoms with van der Waals surface area (Å²) in [7, 11) is -1.68. The summed E-state index contributed by atoms with van der Waals surface area (Å²) in [6.45, 7) is 6.73. The SMILES string of the molecule is CC(C)(C)CCOc1cc(F)cc(B(O)O)c1. The first kappa shape index (κ1) is 14.0. The third kappa shape index (κ3) is 5.19. The average Bonchev–Trinajstić information content (AvgIpc) is 2.14. The average molecular weight is 240 g/mol. The van der Waals surface area contributed by atoms with Gasteiger partial charge in [-0.1, -0.05) is 20.8 Å². The number of ether oxygens (including phenoxy) is 1. The Balaban J connectivity index is 2.65. The molecule has 0 saturated carbocycles. The lowest BCUT2D eigenvalue weighted by Crippen LogP contribution is -2.30. The molecule has 0 heterocycles. The van der Waals surface area contributed by atoms with E-state index in [9.17, 15) is 4.39 Å². The Labute approximate surface area is 101 Å². The fourth-order valence-electron chi connectivity index (χ4n) is 1.29. The van der Waals surface area contributed by atoms with Gasteiger partial charge in [0.15, 0.2) is 0 Å². The minimum atomic E-state index is -1.68. The van der Waals surface area contributed by atoms with Gasteiger partial charge < -0.3 is 14.8 Å². The molecule has 0 amide bonds. The predicted molar refractivity (Wildman–Crippen MR) is 65.8 cm³/mol. The molecule has 1 aromatic rings. The summed E-state index contributed by atoms with van der Waals surface area (Å²) in [6.07, 6.45) is 0.834. The summed E-state index contributed by atoms with van der Waals surface area (Å²) in [5.41, 5.74) is 0.239. The van der Waals surface area contributed by atoms with Crippen LogP contribution in [-0.4, -0.2) is 23.8 Å². The van der Waals surface area contributed by atoms with E-state index in [2.05, 4.69) is 20.8 Å². The Hall–Kier alpha value is -1.07. The van der Waals surface area contributed by atoms with Gasteiger partial charge in [0.1, 0.15) is 11.6 Å². The van der Waals surface area contributed by atoms with Crippen molar-refractivity contribution in [1.82, 2.24) is 0 Å². The summed E-state index contributed by atoms with van der Waals surface area (Å²) >= 11 is 0.